The monoisotopic (exact) mass is 252 g/mol. The molecule has 7 heteroatoms. The standard InChI is InChI=1S/C7H5ClO2.C2H2F2O2/c8-6-4-2-1-3-5(6)7(9)10;3-1(4)2(5)6/h1-4H,(H,9,10);1H,(H,5,6). The Labute approximate surface area is 94.1 Å². The van der Waals surface area contributed by atoms with Crippen LogP contribution in [-0.4, -0.2) is 28.6 Å². The van der Waals surface area contributed by atoms with Crippen molar-refractivity contribution in [3.05, 3.63) is 34.9 Å². The minimum atomic E-state index is -3.23. The fourth-order valence-corrected chi connectivity index (χ4v) is 0.851. The molecule has 0 saturated heterocycles. The molecule has 0 aromatic heterocycles. The van der Waals surface area contributed by atoms with Crippen LogP contribution in [0.5, 0.6) is 0 Å². The molecule has 0 bridgehead atoms. The molecule has 0 amide bonds. The summed E-state index contributed by atoms with van der Waals surface area (Å²) in [5, 5.41) is 16.0. The van der Waals surface area contributed by atoms with E-state index in [1.54, 1.807) is 18.2 Å². The van der Waals surface area contributed by atoms with E-state index in [9.17, 15) is 13.6 Å². The molecule has 1 aromatic rings. The van der Waals surface area contributed by atoms with Crippen molar-refractivity contribution < 1.29 is 28.6 Å². The lowest BCUT2D eigenvalue weighted by molar-refractivity contribution is -0.149. The van der Waals surface area contributed by atoms with E-state index < -0.39 is 18.4 Å². The van der Waals surface area contributed by atoms with Gasteiger partial charge in [0.05, 0.1) is 10.6 Å². The molecular weight excluding hydrogens is 246 g/mol. The van der Waals surface area contributed by atoms with Gasteiger partial charge in [-0.05, 0) is 12.1 Å². The second-order valence-corrected chi connectivity index (χ2v) is 2.83. The topological polar surface area (TPSA) is 74.6 Å². The molecule has 0 fully saturated rings. The predicted molar refractivity (Wildman–Crippen MR) is 52.1 cm³/mol. The number of carboxylic acids is 2. The van der Waals surface area contributed by atoms with Gasteiger partial charge in [0.2, 0.25) is 0 Å². The van der Waals surface area contributed by atoms with Gasteiger partial charge in [0.25, 0.3) is 0 Å². The highest BCUT2D eigenvalue weighted by molar-refractivity contribution is 6.33. The van der Waals surface area contributed by atoms with E-state index in [2.05, 4.69) is 0 Å². The van der Waals surface area contributed by atoms with Gasteiger partial charge in [0, 0.05) is 0 Å². The van der Waals surface area contributed by atoms with E-state index in [1.807, 2.05) is 0 Å². The van der Waals surface area contributed by atoms with Gasteiger partial charge in [-0.2, -0.15) is 8.78 Å². The van der Waals surface area contributed by atoms with Gasteiger partial charge in [-0.25, -0.2) is 9.59 Å². The van der Waals surface area contributed by atoms with Crippen LogP contribution < -0.4 is 0 Å². The molecule has 0 unspecified atom stereocenters. The molecule has 0 saturated carbocycles. The van der Waals surface area contributed by atoms with Gasteiger partial charge in [0.1, 0.15) is 0 Å². The predicted octanol–water partition coefficient (Wildman–Crippen LogP) is 2.37. The third kappa shape index (κ3) is 5.26. The zero-order valence-electron chi connectivity index (χ0n) is 7.73. The summed E-state index contributed by atoms with van der Waals surface area (Å²) in [6.07, 6.45) is -3.23. The largest absolute Gasteiger partial charge is 0.478 e. The smallest absolute Gasteiger partial charge is 0.371 e. The van der Waals surface area contributed by atoms with Crippen molar-refractivity contribution in [2.24, 2.45) is 0 Å². The number of carboxylic acid groups (broad SMARTS) is 2. The van der Waals surface area contributed by atoms with Gasteiger partial charge >= 0.3 is 18.4 Å². The third-order valence-electron chi connectivity index (χ3n) is 1.29. The van der Waals surface area contributed by atoms with Crippen LogP contribution in [0, 0.1) is 0 Å². The van der Waals surface area contributed by atoms with Crippen molar-refractivity contribution in [2.45, 2.75) is 6.43 Å². The van der Waals surface area contributed by atoms with Crippen molar-refractivity contribution in [2.75, 3.05) is 0 Å². The Kier molecular flexibility index (Phi) is 6.02. The molecular formula is C9H7ClF2O4. The molecule has 0 aliphatic heterocycles. The lowest BCUT2D eigenvalue weighted by Crippen LogP contribution is -2.06. The molecule has 0 spiro atoms. The Morgan fingerprint density at radius 3 is 1.88 bits per heavy atom. The van der Waals surface area contributed by atoms with Crippen molar-refractivity contribution in [3.8, 4) is 0 Å². The number of aromatic carboxylic acids is 1. The second kappa shape index (κ2) is 6.73. The normalized spacial score (nSPS) is 9.25. The quantitative estimate of drug-likeness (QED) is 0.847. The lowest BCUT2D eigenvalue weighted by atomic mass is 10.2. The maximum absolute atomic E-state index is 10.6. The molecule has 0 atom stereocenters. The Morgan fingerprint density at radius 2 is 1.62 bits per heavy atom. The van der Waals surface area contributed by atoms with Gasteiger partial charge in [-0.15, -0.1) is 0 Å². The van der Waals surface area contributed by atoms with Gasteiger partial charge in [0.15, 0.2) is 0 Å². The summed E-state index contributed by atoms with van der Waals surface area (Å²) in [7, 11) is 0. The number of aliphatic carboxylic acids is 1. The average Bonchev–Trinajstić information content (AvgIpc) is 2.18. The first-order valence-corrected chi connectivity index (χ1v) is 4.22. The molecule has 4 nitrogen and oxygen atoms in total. The molecule has 2 N–H and O–H groups in total. The van der Waals surface area contributed by atoms with E-state index in [0.717, 1.165) is 0 Å². The summed E-state index contributed by atoms with van der Waals surface area (Å²) < 4.78 is 21.1. The van der Waals surface area contributed by atoms with Crippen molar-refractivity contribution in [1.82, 2.24) is 0 Å². The summed E-state index contributed by atoms with van der Waals surface area (Å²) in [6.45, 7) is 0. The van der Waals surface area contributed by atoms with Crippen LogP contribution in [0.3, 0.4) is 0 Å². The Hall–Kier alpha value is -1.69. The number of hydrogen-bond donors (Lipinski definition) is 2. The lowest BCUT2D eigenvalue weighted by Gasteiger charge is -1.94. The number of carbonyl (C=O) groups is 2. The first-order valence-electron chi connectivity index (χ1n) is 3.85. The summed E-state index contributed by atoms with van der Waals surface area (Å²) in [5.41, 5.74) is 0.143. The first kappa shape index (κ1) is 14.3. The first-order chi connectivity index (χ1) is 7.36. The van der Waals surface area contributed by atoms with Crippen LogP contribution in [0.1, 0.15) is 10.4 Å². The van der Waals surface area contributed by atoms with Crippen LogP contribution in [0.25, 0.3) is 0 Å². The van der Waals surface area contributed by atoms with Crippen molar-refractivity contribution in [3.63, 3.8) is 0 Å². The fraction of sp³-hybridized carbons (Fsp3) is 0.111. The summed E-state index contributed by atoms with van der Waals surface area (Å²) in [4.78, 5) is 19.3. The van der Waals surface area contributed by atoms with E-state index >= 15 is 0 Å². The van der Waals surface area contributed by atoms with E-state index in [0.29, 0.717) is 0 Å². The molecule has 1 aromatic carbocycles. The van der Waals surface area contributed by atoms with Crippen LogP contribution in [0.15, 0.2) is 24.3 Å². The number of rotatable bonds is 2. The zero-order valence-corrected chi connectivity index (χ0v) is 8.49. The zero-order chi connectivity index (χ0) is 12.7. The van der Waals surface area contributed by atoms with E-state index in [4.69, 9.17) is 26.6 Å². The number of hydrogen-bond acceptors (Lipinski definition) is 2. The van der Waals surface area contributed by atoms with Crippen LogP contribution >= 0.6 is 11.6 Å². The number of benzene rings is 1. The minimum Gasteiger partial charge on any atom is -0.478 e. The summed E-state index contributed by atoms with van der Waals surface area (Å²) >= 11 is 5.54. The van der Waals surface area contributed by atoms with Gasteiger partial charge in [-0.3, -0.25) is 0 Å². The summed E-state index contributed by atoms with van der Waals surface area (Å²) in [6, 6.07) is 6.33. The summed E-state index contributed by atoms with van der Waals surface area (Å²) in [5.74, 6) is -3.07. The molecule has 88 valence electrons. The highest BCUT2D eigenvalue weighted by Gasteiger charge is 2.10. The minimum absolute atomic E-state index is 0.143. The van der Waals surface area contributed by atoms with Crippen LogP contribution in [-0.2, 0) is 4.79 Å². The highest BCUT2D eigenvalue weighted by Crippen LogP contribution is 2.13. The van der Waals surface area contributed by atoms with Gasteiger partial charge in [-0.1, -0.05) is 23.7 Å². The van der Waals surface area contributed by atoms with Crippen molar-refractivity contribution >= 4 is 23.5 Å². The van der Waals surface area contributed by atoms with Crippen LogP contribution in [0.2, 0.25) is 5.02 Å². The number of halogens is 3. The Balaban J connectivity index is 0.000000325. The fourth-order valence-electron chi connectivity index (χ4n) is 0.635. The van der Waals surface area contributed by atoms with Crippen LogP contribution in [0.4, 0.5) is 8.78 Å². The third-order valence-corrected chi connectivity index (χ3v) is 1.62. The van der Waals surface area contributed by atoms with E-state index in [-0.39, 0.29) is 10.6 Å². The Morgan fingerprint density at radius 1 is 1.19 bits per heavy atom. The van der Waals surface area contributed by atoms with Gasteiger partial charge < -0.3 is 10.2 Å². The SMILES string of the molecule is O=C(O)C(F)F.O=C(O)c1ccccc1Cl. The second-order valence-electron chi connectivity index (χ2n) is 2.42. The maximum atomic E-state index is 10.6. The Bertz CT molecular complexity index is 382. The maximum Gasteiger partial charge on any atom is 0.371 e. The molecule has 0 aliphatic rings. The van der Waals surface area contributed by atoms with E-state index in [1.165, 1.54) is 6.07 Å². The molecule has 0 radical (unpaired) electrons. The molecule has 16 heavy (non-hydrogen) atoms. The molecule has 0 aliphatic carbocycles. The molecule has 0 heterocycles. The highest BCUT2D eigenvalue weighted by atomic mass is 35.5. The molecule has 1 rings (SSSR count). The van der Waals surface area contributed by atoms with Crippen molar-refractivity contribution in [1.29, 1.82) is 0 Å². The average molecular weight is 253 g/mol. The number of alkyl halides is 2.